The molecule has 0 unspecified atom stereocenters. The van der Waals surface area contributed by atoms with Gasteiger partial charge in [-0.1, -0.05) is 0 Å². The molecule has 1 fully saturated rings. The molecule has 2 atom stereocenters. The maximum Gasteiger partial charge on any atom is 0.261 e. The van der Waals surface area contributed by atoms with E-state index in [1.807, 2.05) is 0 Å². The SMILES string of the molecule is CS(=O)(=O)O.CS(=O)(=O)O.OC[C@@H]1O[C@@H]1CO. The van der Waals surface area contributed by atoms with Gasteiger partial charge in [0.15, 0.2) is 0 Å². The third-order valence-corrected chi connectivity index (χ3v) is 1.05. The van der Waals surface area contributed by atoms with E-state index in [9.17, 15) is 16.8 Å². The Balaban J connectivity index is 0. The number of ether oxygens (including phenoxy) is 1. The highest BCUT2D eigenvalue weighted by Crippen LogP contribution is 2.19. The third-order valence-electron chi connectivity index (χ3n) is 1.05. The quantitative estimate of drug-likeness (QED) is 0.325. The number of aliphatic hydroxyl groups is 2. The fourth-order valence-corrected chi connectivity index (χ4v) is 0.500. The van der Waals surface area contributed by atoms with Crippen LogP contribution in [0.15, 0.2) is 0 Å². The van der Waals surface area contributed by atoms with Gasteiger partial charge in [0.2, 0.25) is 0 Å². The number of hydrogen-bond donors (Lipinski definition) is 4. The highest BCUT2D eigenvalue weighted by molar-refractivity contribution is 7.85. The van der Waals surface area contributed by atoms with Gasteiger partial charge >= 0.3 is 0 Å². The summed E-state index contributed by atoms with van der Waals surface area (Å²) in [4.78, 5) is 0. The molecule has 0 bridgehead atoms. The molecular weight excluding hydrogens is 280 g/mol. The van der Waals surface area contributed by atoms with Gasteiger partial charge in [0.1, 0.15) is 12.2 Å². The number of rotatable bonds is 2. The molecule has 0 spiro atoms. The minimum atomic E-state index is -3.67. The van der Waals surface area contributed by atoms with Crippen molar-refractivity contribution in [2.45, 2.75) is 12.2 Å². The normalized spacial score (nSPS) is 22.7. The first kappa shape index (κ1) is 19.0. The monoisotopic (exact) mass is 296 g/mol. The minimum absolute atomic E-state index is 0.0330. The maximum absolute atomic E-state index is 9.19. The smallest absolute Gasteiger partial charge is 0.261 e. The fourth-order valence-electron chi connectivity index (χ4n) is 0.500. The van der Waals surface area contributed by atoms with Gasteiger partial charge in [-0.15, -0.1) is 0 Å². The lowest BCUT2D eigenvalue weighted by atomic mass is 10.3. The van der Waals surface area contributed by atoms with Crippen molar-refractivity contribution in [3.63, 3.8) is 0 Å². The van der Waals surface area contributed by atoms with E-state index in [4.69, 9.17) is 24.1 Å². The van der Waals surface area contributed by atoms with Crippen LogP contribution in [0.5, 0.6) is 0 Å². The van der Waals surface area contributed by atoms with Crippen LogP contribution in [-0.2, 0) is 25.0 Å². The van der Waals surface area contributed by atoms with Crippen LogP contribution in [0.2, 0.25) is 0 Å². The molecule has 11 heteroatoms. The Bertz CT molecular complexity index is 330. The first-order chi connectivity index (χ1) is 7.38. The number of aliphatic hydroxyl groups excluding tert-OH is 2. The zero-order valence-corrected chi connectivity index (χ0v) is 10.8. The zero-order chi connectivity index (χ0) is 14.3. The molecule has 1 aliphatic rings. The Morgan fingerprint density at radius 2 is 1.06 bits per heavy atom. The molecule has 1 saturated heterocycles. The molecule has 106 valence electrons. The van der Waals surface area contributed by atoms with Crippen LogP contribution >= 0.6 is 0 Å². The number of epoxide rings is 1. The van der Waals surface area contributed by atoms with Crippen LogP contribution in [0.3, 0.4) is 0 Å². The fraction of sp³-hybridized carbons (Fsp3) is 1.00. The molecule has 4 N–H and O–H groups in total. The Morgan fingerprint density at radius 3 is 1.12 bits per heavy atom. The van der Waals surface area contributed by atoms with E-state index in [1.54, 1.807) is 0 Å². The summed E-state index contributed by atoms with van der Waals surface area (Å²) < 4.78 is 56.5. The summed E-state index contributed by atoms with van der Waals surface area (Å²) in [6, 6.07) is 0. The second kappa shape index (κ2) is 7.92. The van der Waals surface area contributed by atoms with Crippen molar-refractivity contribution >= 4 is 20.2 Å². The van der Waals surface area contributed by atoms with Gasteiger partial charge < -0.3 is 14.9 Å². The first-order valence-corrected chi connectivity index (χ1v) is 7.80. The summed E-state index contributed by atoms with van der Waals surface area (Å²) >= 11 is 0. The number of hydrogen-bond acceptors (Lipinski definition) is 7. The topological polar surface area (TPSA) is 162 Å². The van der Waals surface area contributed by atoms with Crippen molar-refractivity contribution in [3.05, 3.63) is 0 Å². The van der Waals surface area contributed by atoms with Crippen molar-refractivity contribution in [3.8, 4) is 0 Å². The molecule has 0 saturated carbocycles. The van der Waals surface area contributed by atoms with Crippen LogP contribution in [0.1, 0.15) is 0 Å². The second-order valence-electron chi connectivity index (χ2n) is 3.04. The Morgan fingerprint density at radius 1 is 0.882 bits per heavy atom. The van der Waals surface area contributed by atoms with Crippen LogP contribution in [0, 0.1) is 0 Å². The average Bonchev–Trinajstić information content (AvgIpc) is 2.75. The largest absolute Gasteiger partial charge is 0.394 e. The predicted octanol–water partition coefficient (Wildman–Crippen LogP) is -2.25. The van der Waals surface area contributed by atoms with Crippen LogP contribution in [0.25, 0.3) is 0 Å². The van der Waals surface area contributed by atoms with Crippen molar-refractivity contribution in [2.24, 2.45) is 0 Å². The highest BCUT2D eigenvalue weighted by atomic mass is 32.2. The van der Waals surface area contributed by atoms with Gasteiger partial charge in [-0.2, -0.15) is 16.8 Å². The van der Waals surface area contributed by atoms with E-state index in [2.05, 4.69) is 0 Å². The molecule has 0 radical (unpaired) electrons. The van der Waals surface area contributed by atoms with E-state index >= 15 is 0 Å². The van der Waals surface area contributed by atoms with Crippen molar-refractivity contribution < 1.29 is 40.9 Å². The van der Waals surface area contributed by atoms with Crippen molar-refractivity contribution in [1.82, 2.24) is 0 Å². The molecule has 0 aromatic rings. The standard InChI is InChI=1S/C4H8O3.2CH4O3S/c5-1-3-4(2-6)7-3;2*1-5(2,3)4/h3-6H,1-2H2;2*1H3,(H,2,3,4)/t3-,4+;;. The minimum Gasteiger partial charge on any atom is -0.394 e. The molecule has 9 nitrogen and oxygen atoms in total. The molecule has 0 aromatic carbocycles. The van der Waals surface area contributed by atoms with Crippen molar-refractivity contribution in [1.29, 1.82) is 0 Å². The molecule has 1 rings (SSSR count). The van der Waals surface area contributed by atoms with Crippen LogP contribution in [0.4, 0.5) is 0 Å². The summed E-state index contributed by atoms with van der Waals surface area (Å²) in [6.45, 7) is 0.0659. The lowest BCUT2D eigenvalue weighted by molar-refractivity contribution is 0.227. The zero-order valence-electron chi connectivity index (χ0n) is 9.22. The van der Waals surface area contributed by atoms with Crippen LogP contribution < -0.4 is 0 Å². The van der Waals surface area contributed by atoms with Gasteiger partial charge in [0.25, 0.3) is 20.2 Å². The lowest BCUT2D eigenvalue weighted by Crippen LogP contribution is -2.02. The Labute approximate surface area is 99.5 Å². The van der Waals surface area contributed by atoms with Gasteiger partial charge in [-0.05, 0) is 0 Å². The van der Waals surface area contributed by atoms with Crippen LogP contribution in [-0.4, -0.2) is 74.1 Å². The summed E-state index contributed by atoms with van der Waals surface area (Å²) in [5.74, 6) is 0. The third kappa shape index (κ3) is 31.3. The molecule has 1 heterocycles. The van der Waals surface area contributed by atoms with Gasteiger partial charge in [0, 0.05) is 0 Å². The highest BCUT2D eigenvalue weighted by Gasteiger charge is 2.36. The van der Waals surface area contributed by atoms with Gasteiger partial charge in [-0.3, -0.25) is 9.11 Å². The maximum atomic E-state index is 9.19. The lowest BCUT2D eigenvalue weighted by Gasteiger charge is -1.78. The Hall–Kier alpha value is -0.300. The summed E-state index contributed by atoms with van der Waals surface area (Å²) in [7, 11) is -7.33. The molecule has 0 amide bonds. The van der Waals surface area contributed by atoms with Gasteiger partial charge in [0.05, 0.1) is 25.7 Å². The summed E-state index contributed by atoms with van der Waals surface area (Å²) in [5, 5.41) is 16.5. The molecular formula is C6H16O9S2. The van der Waals surface area contributed by atoms with Crippen molar-refractivity contribution in [2.75, 3.05) is 25.7 Å². The molecule has 1 aliphatic heterocycles. The molecule has 0 aromatic heterocycles. The van der Waals surface area contributed by atoms with E-state index < -0.39 is 20.2 Å². The van der Waals surface area contributed by atoms with E-state index in [0.29, 0.717) is 12.5 Å². The Kier molecular flexibility index (Phi) is 8.87. The van der Waals surface area contributed by atoms with E-state index in [-0.39, 0.29) is 25.4 Å². The van der Waals surface area contributed by atoms with E-state index in [1.165, 1.54) is 0 Å². The van der Waals surface area contributed by atoms with Gasteiger partial charge in [-0.25, -0.2) is 0 Å². The summed E-state index contributed by atoms with van der Waals surface area (Å²) in [5.41, 5.74) is 0. The molecule has 17 heavy (non-hydrogen) atoms. The first-order valence-electron chi connectivity index (χ1n) is 4.10. The summed E-state index contributed by atoms with van der Waals surface area (Å²) in [6.07, 6.45) is 1.27. The molecule has 0 aliphatic carbocycles. The average molecular weight is 296 g/mol. The van der Waals surface area contributed by atoms with E-state index in [0.717, 1.165) is 0 Å². The second-order valence-corrected chi connectivity index (χ2v) is 5.98. The predicted molar refractivity (Wildman–Crippen MR) is 57.8 cm³/mol.